The number of phosphoric acid groups is 1. The molecule has 0 aromatic heterocycles. The van der Waals surface area contributed by atoms with E-state index in [1.165, 1.54) is 0 Å². The fourth-order valence-corrected chi connectivity index (χ4v) is 2.25. The number of rotatable bonds is 6. The van der Waals surface area contributed by atoms with Gasteiger partial charge in [-0.2, -0.15) is 0 Å². The van der Waals surface area contributed by atoms with Gasteiger partial charge in [-0.3, -0.25) is 0 Å². The van der Waals surface area contributed by atoms with E-state index in [1.54, 1.807) is 0 Å². The smallest absolute Gasteiger partial charge is 0.302 e. The number of phosphoric ester groups is 1. The zero-order chi connectivity index (χ0) is 12.3. The van der Waals surface area contributed by atoms with Gasteiger partial charge in [0.25, 0.3) is 0 Å². The maximum atomic E-state index is 11.2. The molecule has 0 heterocycles. The molecular weight excluding hydrogens is 309 g/mol. The second-order valence-electron chi connectivity index (χ2n) is 2.18. The molecule has 0 bridgehead atoms. The molecule has 1 N–H and O–H groups in total. The Bertz CT molecular complexity index is 278. The third-order valence-electron chi connectivity index (χ3n) is 0.949. The van der Waals surface area contributed by atoms with Gasteiger partial charge in [0.1, 0.15) is 0 Å². The SMILES string of the molecule is C=CC(Cl)(Cl)OP(=O)(O)OC(Cl)(Cl)C=C. The highest BCUT2D eigenvalue weighted by Crippen LogP contribution is 2.54. The maximum absolute atomic E-state index is 11.2. The van der Waals surface area contributed by atoms with E-state index in [1.807, 2.05) is 0 Å². The molecule has 88 valence electrons. The average Bonchev–Trinajstić information content (AvgIpc) is 2.00. The largest absolute Gasteiger partial charge is 0.478 e. The van der Waals surface area contributed by atoms with Crippen LogP contribution in [0, 0.1) is 0 Å². The van der Waals surface area contributed by atoms with Gasteiger partial charge in [-0.25, -0.2) is 13.6 Å². The normalized spacial score (nSPS) is 13.7. The zero-order valence-electron chi connectivity index (χ0n) is 7.20. The minimum atomic E-state index is -4.64. The van der Waals surface area contributed by atoms with E-state index in [-0.39, 0.29) is 0 Å². The van der Waals surface area contributed by atoms with Crippen LogP contribution in [-0.4, -0.2) is 13.9 Å². The van der Waals surface area contributed by atoms with Crippen molar-refractivity contribution in [2.75, 3.05) is 0 Å². The van der Waals surface area contributed by atoms with Crippen LogP contribution in [-0.2, 0) is 13.6 Å². The Kier molecular flexibility index (Phi) is 5.66. The Morgan fingerprint density at radius 2 is 1.33 bits per heavy atom. The van der Waals surface area contributed by atoms with Crippen molar-refractivity contribution in [2.24, 2.45) is 0 Å². The van der Waals surface area contributed by atoms with Gasteiger partial charge in [-0.1, -0.05) is 59.6 Å². The van der Waals surface area contributed by atoms with Gasteiger partial charge in [-0.05, 0) is 12.2 Å². The lowest BCUT2D eigenvalue weighted by Crippen LogP contribution is -2.18. The molecule has 4 nitrogen and oxygen atoms in total. The van der Waals surface area contributed by atoms with Crippen LogP contribution in [0.4, 0.5) is 0 Å². The summed E-state index contributed by atoms with van der Waals surface area (Å²) >= 11 is 21.5. The van der Waals surface area contributed by atoms with Gasteiger partial charge >= 0.3 is 7.82 Å². The fraction of sp³-hybridized carbons (Fsp3) is 0.333. The first-order chi connectivity index (χ1) is 6.54. The van der Waals surface area contributed by atoms with Gasteiger partial charge in [0.2, 0.25) is 9.04 Å². The summed E-state index contributed by atoms with van der Waals surface area (Å²) in [6.45, 7) is 6.34. The molecule has 0 saturated carbocycles. The summed E-state index contributed by atoms with van der Waals surface area (Å²) < 4.78 is 15.7. The number of alkyl halides is 4. The van der Waals surface area contributed by atoms with E-state index in [0.29, 0.717) is 0 Å². The topological polar surface area (TPSA) is 55.8 Å². The first-order valence-electron chi connectivity index (χ1n) is 3.31. The zero-order valence-corrected chi connectivity index (χ0v) is 11.1. The van der Waals surface area contributed by atoms with Crippen LogP contribution in [0.25, 0.3) is 0 Å². The molecule has 0 aliphatic carbocycles. The molecule has 0 aromatic carbocycles. The van der Waals surface area contributed by atoms with Gasteiger partial charge in [0.15, 0.2) is 0 Å². The van der Waals surface area contributed by atoms with Gasteiger partial charge in [-0.15, -0.1) is 0 Å². The van der Waals surface area contributed by atoms with Crippen molar-refractivity contribution in [3.63, 3.8) is 0 Å². The minimum absolute atomic E-state index is 0.875. The summed E-state index contributed by atoms with van der Waals surface area (Å²) in [5.41, 5.74) is 0. The van der Waals surface area contributed by atoms with Crippen molar-refractivity contribution in [3.05, 3.63) is 25.3 Å². The fourth-order valence-electron chi connectivity index (χ4n) is 0.401. The lowest BCUT2D eigenvalue weighted by Gasteiger charge is -2.23. The third-order valence-corrected chi connectivity index (χ3v) is 3.34. The van der Waals surface area contributed by atoms with Crippen LogP contribution >= 0.6 is 54.2 Å². The Hall–Kier alpha value is 0.750. The van der Waals surface area contributed by atoms with Crippen LogP contribution < -0.4 is 0 Å². The standard InChI is InChI=1S/C6H7Cl4O4P/c1-3-5(7,8)13-15(11,12)14-6(9,10)4-2/h3-4H,1-2H2,(H,11,12). The second-order valence-corrected chi connectivity index (χ2v) is 6.12. The van der Waals surface area contributed by atoms with Crippen molar-refractivity contribution >= 4 is 54.2 Å². The number of hydrogen-bond donors (Lipinski definition) is 1. The van der Waals surface area contributed by atoms with E-state index in [4.69, 9.17) is 51.3 Å². The average molecular weight is 316 g/mol. The minimum Gasteiger partial charge on any atom is -0.302 e. The summed E-state index contributed by atoms with van der Waals surface area (Å²) in [6, 6.07) is 0. The highest BCUT2D eigenvalue weighted by Gasteiger charge is 2.39. The van der Waals surface area contributed by atoms with E-state index in [2.05, 4.69) is 22.2 Å². The monoisotopic (exact) mass is 314 g/mol. The molecule has 9 heteroatoms. The predicted octanol–water partition coefficient (Wildman–Crippen LogP) is 3.75. The van der Waals surface area contributed by atoms with E-state index in [0.717, 1.165) is 12.2 Å². The van der Waals surface area contributed by atoms with Crippen molar-refractivity contribution in [1.29, 1.82) is 0 Å². The summed E-state index contributed by atoms with van der Waals surface area (Å²) in [4.78, 5) is 9.13. The number of hydrogen-bond acceptors (Lipinski definition) is 3. The molecule has 0 radical (unpaired) electrons. The highest BCUT2D eigenvalue weighted by atomic mass is 35.5. The van der Waals surface area contributed by atoms with Gasteiger partial charge in [0.05, 0.1) is 0 Å². The molecule has 0 aliphatic rings. The third kappa shape index (κ3) is 6.82. The molecule has 0 saturated heterocycles. The molecule has 0 amide bonds. The molecular formula is C6H7Cl4O4P. The predicted molar refractivity (Wildman–Crippen MR) is 61.3 cm³/mol. The molecule has 0 spiro atoms. The van der Waals surface area contributed by atoms with E-state index >= 15 is 0 Å². The van der Waals surface area contributed by atoms with Crippen LogP contribution in [0.1, 0.15) is 0 Å². The molecule has 0 atom stereocenters. The molecule has 15 heavy (non-hydrogen) atoms. The van der Waals surface area contributed by atoms with Crippen molar-refractivity contribution in [1.82, 2.24) is 0 Å². The Balaban J connectivity index is 4.65. The molecule has 0 unspecified atom stereocenters. The maximum Gasteiger partial charge on any atom is 0.478 e. The van der Waals surface area contributed by atoms with Gasteiger partial charge in [0, 0.05) is 0 Å². The highest BCUT2D eigenvalue weighted by molar-refractivity contribution is 7.47. The van der Waals surface area contributed by atoms with Crippen molar-refractivity contribution in [2.45, 2.75) is 9.04 Å². The molecule has 0 fully saturated rings. The lowest BCUT2D eigenvalue weighted by atomic mass is 10.7. The lowest BCUT2D eigenvalue weighted by molar-refractivity contribution is 0.127. The van der Waals surface area contributed by atoms with E-state index < -0.39 is 16.9 Å². The van der Waals surface area contributed by atoms with Crippen molar-refractivity contribution in [3.8, 4) is 0 Å². The van der Waals surface area contributed by atoms with Crippen LogP contribution in [0.3, 0.4) is 0 Å². The quantitative estimate of drug-likeness (QED) is 0.461. The van der Waals surface area contributed by atoms with E-state index in [9.17, 15) is 4.57 Å². The molecule has 0 rings (SSSR count). The first-order valence-corrected chi connectivity index (χ1v) is 6.31. The van der Waals surface area contributed by atoms with Crippen LogP contribution in [0.5, 0.6) is 0 Å². The van der Waals surface area contributed by atoms with Crippen LogP contribution in [0.15, 0.2) is 25.3 Å². The Morgan fingerprint density at radius 3 is 1.53 bits per heavy atom. The summed E-state index contributed by atoms with van der Waals surface area (Å²) in [7, 11) is -4.64. The van der Waals surface area contributed by atoms with Gasteiger partial charge < -0.3 is 4.89 Å². The number of halogens is 4. The van der Waals surface area contributed by atoms with Crippen molar-refractivity contribution < 1.29 is 18.5 Å². The molecule has 0 aliphatic heterocycles. The second kappa shape index (κ2) is 5.39. The molecule has 0 aromatic rings. The Labute approximate surface area is 107 Å². The first kappa shape index (κ1) is 15.8. The summed E-state index contributed by atoms with van der Waals surface area (Å²) in [5, 5.41) is 0. The Morgan fingerprint density at radius 1 is 1.07 bits per heavy atom. The van der Waals surface area contributed by atoms with Crippen LogP contribution in [0.2, 0.25) is 0 Å². The summed E-state index contributed by atoms with van der Waals surface area (Å²) in [5.74, 6) is 0. The summed E-state index contributed by atoms with van der Waals surface area (Å²) in [6.07, 6.45) is 1.75.